The summed E-state index contributed by atoms with van der Waals surface area (Å²) in [5.74, 6) is 0. The molecule has 0 unspecified atom stereocenters. The van der Waals surface area contributed by atoms with Crippen molar-refractivity contribution in [1.29, 1.82) is 0 Å². The van der Waals surface area contributed by atoms with Gasteiger partial charge in [0.05, 0.1) is 5.69 Å². The van der Waals surface area contributed by atoms with E-state index in [1.807, 2.05) is 6.92 Å². The van der Waals surface area contributed by atoms with Crippen molar-refractivity contribution in [2.24, 2.45) is 0 Å². The van der Waals surface area contributed by atoms with Crippen LogP contribution in [0.5, 0.6) is 0 Å². The molecular formula is C15H24N2O5S. The molecule has 0 atom stereocenters. The molecule has 0 radical (unpaired) electrons. The van der Waals surface area contributed by atoms with E-state index < -0.39 is 22.0 Å². The van der Waals surface area contributed by atoms with Gasteiger partial charge < -0.3 is 10.1 Å². The monoisotopic (exact) mass is 344 g/mol. The van der Waals surface area contributed by atoms with Crippen LogP contribution in [0.1, 0.15) is 38.8 Å². The molecule has 130 valence electrons. The van der Waals surface area contributed by atoms with E-state index in [2.05, 4.69) is 5.32 Å². The maximum absolute atomic E-state index is 11.7. The van der Waals surface area contributed by atoms with Crippen LogP contribution >= 0.6 is 0 Å². The van der Waals surface area contributed by atoms with Crippen LogP contribution < -0.4 is 9.62 Å². The first-order valence-corrected chi connectivity index (χ1v) is 8.65. The minimum atomic E-state index is -4.38. The van der Waals surface area contributed by atoms with Gasteiger partial charge in [0.2, 0.25) is 0 Å². The highest BCUT2D eigenvalue weighted by molar-refractivity contribution is 7.87. The van der Waals surface area contributed by atoms with Crippen molar-refractivity contribution in [3.63, 3.8) is 0 Å². The number of anilines is 1. The summed E-state index contributed by atoms with van der Waals surface area (Å²) >= 11 is 0. The minimum absolute atomic E-state index is 0.0708. The third kappa shape index (κ3) is 6.07. The number of amides is 1. The van der Waals surface area contributed by atoms with Crippen molar-refractivity contribution in [3.05, 3.63) is 29.3 Å². The summed E-state index contributed by atoms with van der Waals surface area (Å²) in [7, 11) is -4.38. The highest BCUT2D eigenvalue weighted by Crippen LogP contribution is 2.24. The number of carbonyl (C=O) groups is 1. The average Bonchev–Trinajstić information content (AvgIpc) is 2.35. The van der Waals surface area contributed by atoms with Crippen molar-refractivity contribution in [1.82, 2.24) is 5.32 Å². The lowest BCUT2D eigenvalue weighted by Crippen LogP contribution is -2.34. The molecule has 1 aromatic carbocycles. The van der Waals surface area contributed by atoms with E-state index in [4.69, 9.17) is 4.74 Å². The van der Waals surface area contributed by atoms with E-state index in [0.717, 1.165) is 9.87 Å². The second-order valence-corrected chi connectivity index (χ2v) is 7.47. The molecule has 0 saturated heterocycles. The maximum Gasteiger partial charge on any atom is 0.407 e. The van der Waals surface area contributed by atoms with Gasteiger partial charge in [-0.05, 0) is 46.2 Å². The predicted molar refractivity (Wildman–Crippen MR) is 88.8 cm³/mol. The van der Waals surface area contributed by atoms with Crippen LogP contribution in [0.2, 0.25) is 0 Å². The van der Waals surface area contributed by atoms with Gasteiger partial charge in [0, 0.05) is 13.1 Å². The normalized spacial score (nSPS) is 11.9. The number of ether oxygens (including phenoxy) is 1. The highest BCUT2D eigenvalue weighted by Gasteiger charge is 2.21. The second kappa shape index (κ2) is 7.18. The lowest BCUT2D eigenvalue weighted by atomic mass is 10.1. The van der Waals surface area contributed by atoms with Gasteiger partial charge in [-0.15, -0.1) is 0 Å². The number of nitrogens with zero attached hydrogens (tertiary/aromatic N) is 1. The van der Waals surface area contributed by atoms with Crippen LogP contribution in [0.15, 0.2) is 18.2 Å². The molecule has 7 nitrogen and oxygen atoms in total. The summed E-state index contributed by atoms with van der Waals surface area (Å²) in [5.41, 5.74) is 1.16. The Morgan fingerprint density at radius 2 is 1.96 bits per heavy atom. The molecule has 0 aliphatic heterocycles. The van der Waals surface area contributed by atoms with E-state index in [-0.39, 0.29) is 13.1 Å². The van der Waals surface area contributed by atoms with Crippen LogP contribution in [0.25, 0.3) is 0 Å². The molecule has 0 saturated carbocycles. The van der Waals surface area contributed by atoms with Gasteiger partial charge >= 0.3 is 16.4 Å². The second-order valence-electron chi connectivity index (χ2n) is 6.13. The van der Waals surface area contributed by atoms with Crippen LogP contribution in [0.3, 0.4) is 0 Å². The van der Waals surface area contributed by atoms with Gasteiger partial charge in [0.15, 0.2) is 0 Å². The Balaban J connectivity index is 3.02. The minimum Gasteiger partial charge on any atom is -0.444 e. The van der Waals surface area contributed by atoms with E-state index in [1.54, 1.807) is 45.9 Å². The lowest BCUT2D eigenvalue weighted by molar-refractivity contribution is 0.0523. The quantitative estimate of drug-likeness (QED) is 0.801. The van der Waals surface area contributed by atoms with Gasteiger partial charge in [-0.2, -0.15) is 8.42 Å². The molecule has 0 bridgehead atoms. The first kappa shape index (κ1) is 19.2. The van der Waals surface area contributed by atoms with Crippen molar-refractivity contribution in [2.75, 3.05) is 10.8 Å². The Morgan fingerprint density at radius 1 is 1.35 bits per heavy atom. The Bertz CT molecular complexity index is 665. The third-order valence-corrected chi connectivity index (χ3v) is 3.90. The number of carbonyl (C=O) groups excluding carboxylic acids is 1. The fraction of sp³-hybridized carbons (Fsp3) is 0.533. The lowest BCUT2D eigenvalue weighted by Gasteiger charge is -2.23. The molecule has 2 N–H and O–H groups in total. The number of rotatable bonds is 5. The fourth-order valence-corrected chi connectivity index (χ4v) is 2.79. The predicted octanol–water partition coefficient (Wildman–Crippen LogP) is 2.65. The number of alkyl carbamates (subject to hydrolysis) is 1. The third-order valence-electron chi connectivity index (χ3n) is 2.89. The summed E-state index contributed by atoms with van der Waals surface area (Å²) in [6, 6.07) is 5.08. The summed E-state index contributed by atoms with van der Waals surface area (Å²) < 4.78 is 38.4. The standard InChI is InChI=1S/C15H24N2O5S/c1-6-17(23(19,20)21)13-8-7-11(2)9-12(13)10-16-14(18)22-15(3,4)5/h7-9H,6,10H2,1-5H3,(H,16,18)(H,19,20,21). The zero-order valence-electron chi connectivity index (χ0n) is 14.1. The SMILES string of the molecule is CCN(c1ccc(C)cc1CNC(=O)OC(C)(C)C)S(=O)(=O)O. The average molecular weight is 344 g/mol. The molecule has 1 aromatic rings. The van der Waals surface area contributed by atoms with Crippen molar-refractivity contribution in [2.45, 2.75) is 46.8 Å². The molecule has 0 fully saturated rings. The fourth-order valence-electron chi connectivity index (χ4n) is 2.04. The Morgan fingerprint density at radius 3 is 2.43 bits per heavy atom. The summed E-state index contributed by atoms with van der Waals surface area (Å²) in [4.78, 5) is 11.7. The molecule has 23 heavy (non-hydrogen) atoms. The van der Waals surface area contributed by atoms with E-state index in [1.165, 1.54) is 0 Å². The van der Waals surface area contributed by atoms with E-state index >= 15 is 0 Å². The summed E-state index contributed by atoms with van der Waals surface area (Å²) in [6.45, 7) is 8.87. The Labute approximate surface area is 137 Å². The van der Waals surface area contributed by atoms with Crippen LogP contribution in [-0.2, 0) is 21.6 Å². The van der Waals surface area contributed by atoms with Gasteiger partial charge in [-0.3, -0.25) is 4.55 Å². The molecule has 0 aliphatic rings. The molecular weight excluding hydrogens is 320 g/mol. The number of nitrogens with one attached hydrogen (secondary N) is 1. The molecule has 1 amide bonds. The number of aryl methyl sites for hydroxylation is 1. The summed E-state index contributed by atoms with van der Waals surface area (Å²) in [6.07, 6.45) is -0.597. The zero-order valence-corrected chi connectivity index (χ0v) is 14.9. The van der Waals surface area contributed by atoms with Crippen LogP contribution in [0.4, 0.5) is 10.5 Å². The van der Waals surface area contributed by atoms with Crippen molar-refractivity contribution in [3.8, 4) is 0 Å². The highest BCUT2D eigenvalue weighted by atomic mass is 32.2. The zero-order chi connectivity index (χ0) is 17.8. The first-order chi connectivity index (χ1) is 10.4. The van der Waals surface area contributed by atoms with Crippen LogP contribution in [0, 0.1) is 6.92 Å². The number of hydrogen-bond acceptors (Lipinski definition) is 4. The van der Waals surface area contributed by atoms with Crippen molar-refractivity contribution < 1.29 is 22.5 Å². The van der Waals surface area contributed by atoms with Crippen molar-refractivity contribution >= 4 is 22.1 Å². The smallest absolute Gasteiger partial charge is 0.407 e. The van der Waals surface area contributed by atoms with E-state index in [9.17, 15) is 17.8 Å². The van der Waals surface area contributed by atoms with Gasteiger partial charge in [-0.25, -0.2) is 9.10 Å². The largest absolute Gasteiger partial charge is 0.444 e. The number of hydrogen-bond donors (Lipinski definition) is 2. The van der Waals surface area contributed by atoms with Crippen LogP contribution in [-0.4, -0.2) is 31.2 Å². The van der Waals surface area contributed by atoms with Gasteiger partial charge in [0.1, 0.15) is 5.60 Å². The topological polar surface area (TPSA) is 95.9 Å². The molecule has 0 heterocycles. The molecule has 0 aromatic heterocycles. The molecule has 0 aliphatic carbocycles. The molecule has 1 rings (SSSR count). The first-order valence-electron chi connectivity index (χ1n) is 7.25. The van der Waals surface area contributed by atoms with E-state index in [0.29, 0.717) is 11.3 Å². The van der Waals surface area contributed by atoms with Gasteiger partial charge in [0.25, 0.3) is 0 Å². The van der Waals surface area contributed by atoms with Gasteiger partial charge in [-0.1, -0.05) is 17.7 Å². The number of benzene rings is 1. The summed E-state index contributed by atoms with van der Waals surface area (Å²) in [5, 5.41) is 2.59. The Hall–Kier alpha value is -1.80. The Kier molecular flexibility index (Phi) is 6.01. The maximum atomic E-state index is 11.7. The molecule has 0 spiro atoms. The molecule has 8 heteroatoms.